The molecule has 1 unspecified atom stereocenters. The number of carbonyl (C=O) groups is 1. The molecule has 1 amide bonds. The van der Waals surface area contributed by atoms with Crippen LogP contribution in [0.4, 0.5) is 5.69 Å². The van der Waals surface area contributed by atoms with Crippen molar-refractivity contribution in [3.63, 3.8) is 0 Å². The SMILES string of the molecule is CC(NC(=O)Cc1ccc2ccncc2c1)c1cccc(N2CCCC2)c1. The highest BCUT2D eigenvalue weighted by molar-refractivity contribution is 5.85. The van der Waals surface area contributed by atoms with Gasteiger partial charge in [0.2, 0.25) is 5.91 Å². The van der Waals surface area contributed by atoms with E-state index < -0.39 is 0 Å². The van der Waals surface area contributed by atoms with Crippen LogP contribution in [0, 0.1) is 0 Å². The van der Waals surface area contributed by atoms with Crippen LogP contribution in [0.3, 0.4) is 0 Å². The van der Waals surface area contributed by atoms with Gasteiger partial charge in [-0.3, -0.25) is 9.78 Å². The largest absolute Gasteiger partial charge is 0.372 e. The van der Waals surface area contributed by atoms with E-state index in [4.69, 9.17) is 0 Å². The summed E-state index contributed by atoms with van der Waals surface area (Å²) >= 11 is 0. The van der Waals surface area contributed by atoms with Gasteiger partial charge in [-0.2, -0.15) is 0 Å². The molecule has 1 fully saturated rings. The highest BCUT2D eigenvalue weighted by Crippen LogP contribution is 2.24. The zero-order chi connectivity index (χ0) is 18.6. The molecule has 0 radical (unpaired) electrons. The van der Waals surface area contributed by atoms with E-state index in [1.54, 1.807) is 6.20 Å². The molecule has 1 N–H and O–H groups in total. The first kappa shape index (κ1) is 17.5. The highest BCUT2D eigenvalue weighted by Gasteiger charge is 2.15. The molecule has 1 aliphatic heterocycles. The van der Waals surface area contributed by atoms with Crippen LogP contribution in [-0.4, -0.2) is 24.0 Å². The monoisotopic (exact) mass is 359 g/mol. The van der Waals surface area contributed by atoms with Gasteiger partial charge in [0, 0.05) is 36.6 Å². The van der Waals surface area contributed by atoms with E-state index in [2.05, 4.69) is 39.5 Å². The lowest BCUT2D eigenvalue weighted by atomic mass is 10.0. The Morgan fingerprint density at radius 2 is 1.96 bits per heavy atom. The Bertz CT molecular complexity index is 947. The average molecular weight is 359 g/mol. The van der Waals surface area contributed by atoms with Crippen LogP contribution in [0.25, 0.3) is 10.8 Å². The van der Waals surface area contributed by atoms with Crippen LogP contribution in [0.15, 0.2) is 60.9 Å². The van der Waals surface area contributed by atoms with Crippen LogP contribution < -0.4 is 10.2 Å². The molecule has 1 aromatic heterocycles. The number of carbonyl (C=O) groups excluding carboxylic acids is 1. The lowest BCUT2D eigenvalue weighted by molar-refractivity contribution is -0.121. The molecular weight excluding hydrogens is 334 g/mol. The van der Waals surface area contributed by atoms with Crippen molar-refractivity contribution in [2.45, 2.75) is 32.2 Å². The van der Waals surface area contributed by atoms with Gasteiger partial charge < -0.3 is 10.2 Å². The zero-order valence-electron chi connectivity index (χ0n) is 15.7. The van der Waals surface area contributed by atoms with E-state index >= 15 is 0 Å². The molecule has 2 heterocycles. The molecule has 3 aromatic rings. The summed E-state index contributed by atoms with van der Waals surface area (Å²) in [5.41, 5.74) is 3.41. The minimum atomic E-state index is -0.0119. The minimum Gasteiger partial charge on any atom is -0.372 e. The fourth-order valence-electron chi connectivity index (χ4n) is 3.77. The summed E-state index contributed by atoms with van der Waals surface area (Å²) in [5, 5.41) is 5.34. The summed E-state index contributed by atoms with van der Waals surface area (Å²) in [6, 6.07) is 16.6. The van der Waals surface area contributed by atoms with Crippen molar-refractivity contribution in [3.05, 3.63) is 72.1 Å². The van der Waals surface area contributed by atoms with E-state index in [0.717, 1.165) is 35.0 Å². The first-order valence-corrected chi connectivity index (χ1v) is 9.66. The maximum atomic E-state index is 12.5. The number of amides is 1. The second kappa shape index (κ2) is 7.78. The normalized spacial score (nSPS) is 15.1. The van der Waals surface area contributed by atoms with Crippen molar-refractivity contribution in [1.29, 1.82) is 0 Å². The van der Waals surface area contributed by atoms with Gasteiger partial charge in [0.25, 0.3) is 0 Å². The maximum Gasteiger partial charge on any atom is 0.224 e. The summed E-state index contributed by atoms with van der Waals surface area (Å²) in [4.78, 5) is 19.1. The van der Waals surface area contributed by atoms with Crippen LogP contribution >= 0.6 is 0 Å². The van der Waals surface area contributed by atoms with Gasteiger partial charge in [0.05, 0.1) is 12.5 Å². The number of anilines is 1. The smallest absolute Gasteiger partial charge is 0.224 e. The summed E-state index contributed by atoms with van der Waals surface area (Å²) in [6.07, 6.45) is 6.52. The highest BCUT2D eigenvalue weighted by atomic mass is 16.1. The topological polar surface area (TPSA) is 45.2 Å². The van der Waals surface area contributed by atoms with Gasteiger partial charge in [-0.25, -0.2) is 0 Å². The van der Waals surface area contributed by atoms with Gasteiger partial charge in [0.15, 0.2) is 0 Å². The van der Waals surface area contributed by atoms with Crippen LogP contribution in [0.2, 0.25) is 0 Å². The fourth-order valence-corrected chi connectivity index (χ4v) is 3.77. The molecule has 1 atom stereocenters. The Hall–Kier alpha value is -2.88. The van der Waals surface area contributed by atoms with Crippen molar-refractivity contribution in [2.24, 2.45) is 0 Å². The van der Waals surface area contributed by atoms with E-state index in [1.807, 2.05) is 37.4 Å². The molecule has 0 saturated carbocycles. The van der Waals surface area contributed by atoms with Gasteiger partial charge in [0.1, 0.15) is 0 Å². The standard InChI is InChI=1S/C23H25N3O/c1-17(20-5-4-6-22(15-20)26-11-2-3-12-26)25-23(27)14-18-7-8-19-9-10-24-16-21(19)13-18/h4-10,13,15-17H,2-3,11-12,14H2,1H3,(H,25,27). The summed E-state index contributed by atoms with van der Waals surface area (Å²) in [6.45, 7) is 4.30. The minimum absolute atomic E-state index is 0.0119. The third-order valence-electron chi connectivity index (χ3n) is 5.29. The average Bonchev–Trinajstić information content (AvgIpc) is 3.23. The molecule has 1 saturated heterocycles. The van der Waals surface area contributed by atoms with Crippen LogP contribution in [-0.2, 0) is 11.2 Å². The fraction of sp³-hybridized carbons (Fsp3) is 0.304. The van der Waals surface area contributed by atoms with Crippen molar-refractivity contribution in [1.82, 2.24) is 10.3 Å². The molecule has 0 spiro atoms. The first-order valence-electron chi connectivity index (χ1n) is 9.66. The predicted octanol–water partition coefficient (Wildman–Crippen LogP) is 4.25. The number of nitrogens with zero attached hydrogens (tertiary/aromatic N) is 2. The number of rotatable bonds is 5. The summed E-state index contributed by atoms with van der Waals surface area (Å²) < 4.78 is 0. The Balaban J connectivity index is 1.41. The first-order chi connectivity index (χ1) is 13.2. The quantitative estimate of drug-likeness (QED) is 0.740. The molecule has 4 nitrogen and oxygen atoms in total. The number of aromatic nitrogens is 1. The summed E-state index contributed by atoms with van der Waals surface area (Å²) in [7, 11) is 0. The van der Waals surface area contributed by atoms with E-state index in [-0.39, 0.29) is 11.9 Å². The molecule has 138 valence electrons. The second-order valence-corrected chi connectivity index (χ2v) is 7.31. The lowest BCUT2D eigenvalue weighted by Gasteiger charge is -2.21. The third kappa shape index (κ3) is 4.11. The lowest BCUT2D eigenvalue weighted by Crippen LogP contribution is -2.28. The second-order valence-electron chi connectivity index (χ2n) is 7.31. The van der Waals surface area contributed by atoms with Gasteiger partial charge in [-0.05, 0) is 60.5 Å². The van der Waals surface area contributed by atoms with Crippen molar-refractivity contribution in [3.8, 4) is 0 Å². The number of hydrogen-bond acceptors (Lipinski definition) is 3. The molecule has 2 aromatic carbocycles. The number of hydrogen-bond donors (Lipinski definition) is 1. The molecule has 4 heteroatoms. The van der Waals surface area contributed by atoms with Crippen LogP contribution in [0.1, 0.15) is 36.9 Å². The van der Waals surface area contributed by atoms with Gasteiger partial charge in [-0.15, -0.1) is 0 Å². The maximum absolute atomic E-state index is 12.5. The van der Waals surface area contributed by atoms with E-state index in [1.165, 1.54) is 18.5 Å². The number of benzene rings is 2. The molecule has 0 bridgehead atoms. The Labute approximate surface area is 160 Å². The van der Waals surface area contributed by atoms with E-state index in [9.17, 15) is 4.79 Å². The van der Waals surface area contributed by atoms with Gasteiger partial charge in [-0.1, -0.05) is 24.3 Å². The number of fused-ring (bicyclic) bond motifs is 1. The molecule has 0 aliphatic carbocycles. The molecule has 4 rings (SSSR count). The zero-order valence-corrected chi connectivity index (χ0v) is 15.7. The number of nitrogens with one attached hydrogen (secondary N) is 1. The Morgan fingerprint density at radius 3 is 2.81 bits per heavy atom. The van der Waals surface area contributed by atoms with Crippen molar-refractivity contribution >= 4 is 22.4 Å². The predicted molar refractivity (Wildman–Crippen MR) is 110 cm³/mol. The van der Waals surface area contributed by atoms with Gasteiger partial charge >= 0.3 is 0 Å². The molecule has 27 heavy (non-hydrogen) atoms. The number of pyridine rings is 1. The third-order valence-corrected chi connectivity index (χ3v) is 5.29. The molecular formula is C23H25N3O. The van der Waals surface area contributed by atoms with Crippen molar-refractivity contribution in [2.75, 3.05) is 18.0 Å². The Kier molecular flexibility index (Phi) is 5.05. The van der Waals surface area contributed by atoms with E-state index in [0.29, 0.717) is 6.42 Å². The molecule has 1 aliphatic rings. The van der Waals surface area contributed by atoms with Crippen molar-refractivity contribution < 1.29 is 4.79 Å². The van der Waals surface area contributed by atoms with Crippen LogP contribution in [0.5, 0.6) is 0 Å². The summed E-state index contributed by atoms with van der Waals surface area (Å²) in [5.74, 6) is 0.0392. The Morgan fingerprint density at radius 1 is 1.11 bits per heavy atom.